The second-order valence-electron chi connectivity index (χ2n) is 2.46. The normalized spacial score (nSPS) is 13.5. The first-order valence-electron chi connectivity index (χ1n) is 3.87. The summed E-state index contributed by atoms with van der Waals surface area (Å²) in [4.78, 5) is 0. The van der Waals surface area contributed by atoms with Crippen LogP contribution >= 0.6 is 0 Å². The second-order valence-corrected chi connectivity index (χ2v) is 2.46. The molecule has 0 aliphatic heterocycles. The predicted octanol–water partition coefficient (Wildman–Crippen LogP) is 1.56. The first kappa shape index (κ1) is 10.1. The van der Waals surface area contributed by atoms with Gasteiger partial charge in [0, 0.05) is 6.54 Å². The molecule has 0 fully saturated rings. The van der Waals surface area contributed by atoms with Crippen LogP contribution in [-0.2, 0) is 4.74 Å². The largest absolute Gasteiger partial charge is 0.467 e. The minimum absolute atomic E-state index is 0.125. The molecule has 0 saturated heterocycles. The number of furan rings is 1. The van der Waals surface area contributed by atoms with Crippen LogP contribution < -0.4 is 5.73 Å². The minimum atomic E-state index is -2.48. The van der Waals surface area contributed by atoms with Gasteiger partial charge in [-0.15, -0.1) is 0 Å². The highest BCUT2D eigenvalue weighted by Gasteiger charge is 2.15. The van der Waals surface area contributed by atoms with Gasteiger partial charge in [-0.3, -0.25) is 0 Å². The molecule has 0 spiro atoms. The monoisotopic (exact) mass is 191 g/mol. The number of rotatable bonds is 5. The average Bonchev–Trinajstić information content (AvgIpc) is 2.58. The predicted molar refractivity (Wildman–Crippen MR) is 42.5 cm³/mol. The maximum absolute atomic E-state index is 11.8. The number of halogens is 2. The molecule has 0 aliphatic rings. The molecule has 13 heavy (non-hydrogen) atoms. The zero-order chi connectivity index (χ0) is 9.68. The zero-order valence-corrected chi connectivity index (χ0v) is 6.95. The van der Waals surface area contributed by atoms with Crippen molar-refractivity contribution < 1.29 is 17.9 Å². The van der Waals surface area contributed by atoms with Crippen molar-refractivity contribution in [2.75, 3.05) is 13.2 Å². The lowest BCUT2D eigenvalue weighted by Crippen LogP contribution is -2.18. The summed E-state index contributed by atoms with van der Waals surface area (Å²) in [6, 6.07) is 3.30. The molecule has 0 bridgehead atoms. The van der Waals surface area contributed by atoms with E-state index >= 15 is 0 Å². The maximum atomic E-state index is 11.8. The average molecular weight is 191 g/mol. The van der Waals surface area contributed by atoms with Crippen LogP contribution in [0.5, 0.6) is 0 Å². The number of nitrogens with two attached hydrogens (primary N) is 1. The van der Waals surface area contributed by atoms with Crippen LogP contribution in [0, 0.1) is 0 Å². The van der Waals surface area contributed by atoms with Crippen molar-refractivity contribution in [3.8, 4) is 0 Å². The van der Waals surface area contributed by atoms with Crippen molar-refractivity contribution in [1.82, 2.24) is 0 Å². The number of ether oxygens (including phenoxy) is 1. The van der Waals surface area contributed by atoms with E-state index in [1.165, 1.54) is 6.26 Å². The third-order valence-corrected chi connectivity index (χ3v) is 1.50. The summed E-state index contributed by atoms with van der Waals surface area (Å²) in [6.07, 6.45) is -1.61. The fraction of sp³-hybridized carbons (Fsp3) is 0.500. The Bertz CT molecular complexity index is 226. The number of hydrogen-bond donors (Lipinski definition) is 1. The van der Waals surface area contributed by atoms with Gasteiger partial charge in [-0.05, 0) is 12.1 Å². The van der Waals surface area contributed by atoms with E-state index in [1.807, 2.05) is 0 Å². The third kappa shape index (κ3) is 3.12. The molecule has 0 aromatic carbocycles. The Morgan fingerprint density at radius 3 is 2.77 bits per heavy atom. The number of alkyl halides is 2. The Hall–Kier alpha value is -0.940. The van der Waals surface area contributed by atoms with Crippen LogP contribution in [-0.4, -0.2) is 19.6 Å². The fourth-order valence-corrected chi connectivity index (χ4v) is 0.930. The Morgan fingerprint density at radius 1 is 1.54 bits per heavy atom. The summed E-state index contributed by atoms with van der Waals surface area (Å²) in [7, 11) is 0. The van der Waals surface area contributed by atoms with Crippen molar-refractivity contribution in [3.05, 3.63) is 24.2 Å². The van der Waals surface area contributed by atoms with E-state index in [2.05, 4.69) is 0 Å². The number of hydrogen-bond acceptors (Lipinski definition) is 3. The van der Waals surface area contributed by atoms with E-state index < -0.39 is 19.1 Å². The van der Waals surface area contributed by atoms with Gasteiger partial charge in [-0.2, -0.15) is 0 Å². The van der Waals surface area contributed by atoms with Crippen molar-refractivity contribution >= 4 is 0 Å². The van der Waals surface area contributed by atoms with Gasteiger partial charge in [-0.25, -0.2) is 8.78 Å². The Morgan fingerprint density at radius 2 is 2.31 bits per heavy atom. The van der Waals surface area contributed by atoms with Crippen molar-refractivity contribution in [1.29, 1.82) is 0 Å². The van der Waals surface area contributed by atoms with Crippen molar-refractivity contribution in [2.45, 2.75) is 12.5 Å². The maximum Gasteiger partial charge on any atom is 0.261 e. The van der Waals surface area contributed by atoms with Gasteiger partial charge in [0.1, 0.15) is 18.5 Å². The smallest absolute Gasteiger partial charge is 0.261 e. The molecule has 0 saturated carbocycles. The summed E-state index contributed by atoms with van der Waals surface area (Å²) < 4.78 is 33.4. The zero-order valence-electron chi connectivity index (χ0n) is 6.95. The van der Waals surface area contributed by atoms with E-state index in [1.54, 1.807) is 12.1 Å². The molecule has 3 nitrogen and oxygen atoms in total. The third-order valence-electron chi connectivity index (χ3n) is 1.50. The summed E-state index contributed by atoms with van der Waals surface area (Å²) in [5, 5.41) is 0. The molecule has 0 aliphatic carbocycles. The van der Waals surface area contributed by atoms with Gasteiger partial charge in [0.25, 0.3) is 6.43 Å². The lowest BCUT2D eigenvalue weighted by molar-refractivity contribution is -0.0289. The van der Waals surface area contributed by atoms with Gasteiger partial charge >= 0.3 is 0 Å². The summed E-state index contributed by atoms with van der Waals surface area (Å²) in [6.45, 7) is -0.497. The Balaban J connectivity index is 2.44. The van der Waals surface area contributed by atoms with Crippen LogP contribution in [0.4, 0.5) is 8.78 Å². The molecule has 74 valence electrons. The van der Waals surface area contributed by atoms with E-state index in [0.29, 0.717) is 5.76 Å². The van der Waals surface area contributed by atoms with Gasteiger partial charge in [0.05, 0.1) is 6.26 Å². The van der Waals surface area contributed by atoms with E-state index in [-0.39, 0.29) is 6.54 Å². The molecular weight excluding hydrogens is 180 g/mol. The van der Waals surface area contributed by atoms with Crippen molar-refractivity contribution in [2.24, 2.45) is 5.73 Å². The lowest BCUT2D eigenvalue weighted by atomic mass is 10.3. The second kappa shape index (κ2) is 4.94. The lowest BCUT2D eigenvalue weighted by Gasteiger charge is -2.12. The molecule has 5 heteroatoms. The van der Waals surface area contributed by atoms with Crippen LogP contribution in [0.25, 0.3) is 0 Å². The Labute approximate surface area is 74.5 Å². The van der Waals surface area contributed by atoms with Crippen LogP contribution in [0.2, 0.25) is 0 Å². The fourth-order valence-electron chi connectivity index (χ4n) is 0.930. The quantitative estimate of drug-likeness (QED) is 0.768. The van der Waals surface area contributed by atoms with Gasteiger partial charge in [-0.1, -0.05) is 0 Å². The van der Waals surface area contributed by atoms with Gasteiger partial charge in [0.2, 0.25) is 0 Å². The molecule has 1 rings (SSSR count). The molecule has 1 unspecified atom stereocenters. The van der Waals surface area contributed by atoms with Crippen molar-refractivity contribution in [3.63, 3.8) is 0 Å². The molecule has 2 N–H and O–H groups in total. The summed E-state index contributed by atoms with van der Waals surface area (Å²) >= 11 is 0. The minimum Gasteiger partial charge on any atom is -0.467 e. The highest BCUT2D eigenvalue weighted by Crippen LogP contribution is 2.16. The molecular formula is C8H11F2NO2. The SMILES string of the molecule is NCC(OCC(F)F)c1ccco1. The molecule has 0 radical (unpaired) electrons. The van der Waals surface area contributed by atoms with E-state index in [9.17, 15) is 8.78 Å². The van der Waals surface area contributed by atoms with Gasteiger partial charge < -0.3 is 14.9 Å². The molecule has 0 amide bonds. The molecule has 1 atom stereocenters. The van der Waals surface area contributed by atoms with Crippen LogP contribution in [0.3, 0.4) is 0 Å². The first-order valence-corrected chi connectivity index (χ1v) is 3.87. The van der Waals surface area contributed by atoms with Gasteiger partial charge in [0.15, 0.2) is 0 Å². The Kier molecular flexibility index (Phi) is 3.85. The highest BCUT2D eigenvalue weighted by atomic mass is 19.3. The topological polar surface area (TPSA) is 48.4 Å². The standard InChI is InChI=1S/C8H11F2NO2/c9-8(10)5-13-7(4-11)6-2-1-3-12-6/h1-3,7-8H,4-5,11H2. The molecule has 1 aromatic rings. The van der Waals surface area contributed by atoms with E-state index in [0.717, 1.165) is 0 Å². The highest BCUT2D eigenvalue weighted by molar-refractivity contribution is 5.02. The summed E-state index contributed by atoms with van der Waals surface area (Å²) in [5.41, 5.74) is 5.32. The van der Waals surface area contributed by atoms with Crippen LogP contribution in [0.1, 0.15) is 11.9 Å². The van der Waals surface area contributed by atoms with Crippen LogP contribution in [0.15, 0.2) is 22.8 Å². The first-order chi connectivity index (χ1) is 6.24. The molecule has 1 heterocycles. The molecule has 1 aromatic heterocycles. The van der Waals surface area contributed by atoms with E-state index in [4.69, 9.17) is 14.9 Å². The summed E-state index contributed by atoms with van der Waals surface area (Å²) in [5.74, 6) is 0.475.